The van der Waals surface area contributed by atoms with Gasteiger partial charge in [-0.1, -0.05) is 23.7 Å². The van der Waals surface area contributed by atoms with Crippen LogP contribution in [0.4, 0.5) is 8.78 Å². The molecule has 2 rings (SSSR count). The van der Waals surface area contributed by atoms with Gasteiger partial charge in [-0.05, 0) is 43.4 Å². The van der Waals surface area contributed by atoms with Gasteiger partial charge in [-0.25, -0.2) is 8.78 Å². The Kier molecular flexibility index (Phi) is 4.24. The molecule has 1 aliphatic carbocycles. The number of carbonyl (C=O) groups excluding carboxylic acids is 1. The number of halogens is 3. The van der Waals surface area contributed by atoms with Crippen LogP contribution < -0.4 is 0 Å². The van der Waals surface area contributed by atoms with Gasteiger partial charge in [-0.3, -0.25) is 4.79 Å². The van der Waals surface area contributed by atoms with Crippen LogP contribution in [-0.4, -0.2) is 11.7 Å². The minimum absolute atomic E-state index is 0.0255. The largest absolute Gasteiger partial charge is 0.299 e. The second kappa shape index (κ2) is 5.58. The van der Waals surface area contributed by atoms with Crippen LogP contribution in [0, 0.1) is 5.92 Å². The molecule has 0 bridgehead atoms. The highest BCUT2D eigenvalue weighted by Gasteiger charge is 2.40. The Morgan fingerprint density at radius 2 is 2.05 bits per heavy atom. The predicted octanol–water partition coefficient (Wildman–Crippen LogP) is 4.84. The number of benzene rings is 1. The molecule has 1 nitrogen and oxygen atoms in total. The number of Topliss-reactive ketones (excluding diaryl/α,β-unsaturated/α-hetero) is 1. The number of carbonyl (C=O) groups is 1. The summed E-state index contributed by atoms with van der Waals surface area (Å²) in [7, 11) is 0. The summed E-state index contributed by atoms with van der Waals surface area (Å²) in [6.45, 7) is 1.52. The van der Waals surface area contributed by atoms with Gasteiger partial charge < -0.3 is 0 Å². The molecule has 1 aromatic rings. The van der Waals surface area contributed by atoms with Gasteiger partial charge in [-0.2, -0.15) is 0 Å². The molecule has 104 valence electrons. The van der Waals surface area contributed by atoms with Crippen LogP contribution in [0.3, 0.4) is 0 Å². The Morgan fingerprint density at radius 1 is 1.42 bits per heavy atom. The first-order chi connectivity index (χ1) is 8.87. The third-order valence-corrected chi connectivity index (χ3v) is 4.09. The van der Waals surface area contributed by atoms with Gasteiger partial charge in [0.25, 0.3) is 0 Å². The van der Waals surface area contributed by atoms with Crippen LogP contribution in [-0.2, 0) is 4.79 Å². The topological polar surface area (TPSA) is 17.1 Å². The van der Waals surface area contributed by atoms with E-state index in [2.05, 4.69) is 0 Å². The summed E-state index contributed by atoms with van der Waals surface area (Å²) in [4.78, 5) is 11.8. The first kappa shape index (κ1) is 14.4. The SMILES string of the molecule is CC(=O)C(CC1CCC(F)(F)C1)c1ccc(Cl)cc1. The molecule has 0 aliphatic heterocycles. The monoisotopic (exact) mass is 286 g/mol. The molecule has 1 aliphatic rings. The summed E-state index contributed by atoms with van der Waals surface area (Å²) >= 11 is 5.82. The Labute approximate surface area is 117 Å². The third kappa shape index (κ3) is 3.75. The highest BCUT2D eigenvalue weighted by atomic mass is 35.5. The summed E-state index contributed by atoms with van der Waals surface area (Å²) < 4.78 is 26.4. The lowest BCUT2D eigenvalue weighted by molar-refractivity contribution is -0.118. The van der Waals surface area contributed by atoms with Gasteiger partial charge in [0.15, 0.2) is 0 Å². The fourth-order valence-electron chi connectivity index (χ4n) is 2.81. The Bertz CT molecular complexity index is 456. The highest BCUT2D eigenvalue weighted by molar-refractivity contribution is 6.30. The van der Waals surface area contributed by atoms with Crippen LogP contribution in [0.2, 0.25) is 5.02 Å². The molecule has 0 heterocycles. The van der Waals surface area contributed by atoms with Gasteiger partial charge in [-0.15, -0.1) is 0 Å². The molecule has 4 heteroatoms. The van der Waals surface area contributed by atoms with Crippen molar-refractivity contribution in [3.05, 3.63) is 34.9 Å². The molecule has 0 N–H and O–H groups in total. The Balaban J connectivity index is 2.09. The van der Waals surface area contributed by atoms with Crippen molar-refractivity contribution in [3.8, 4) is 0 Å². The van der Waals surface area contributed by atoms with Crippen LogP contribution in [0.25, 0.3) is 0 Å². The number of alkyl halides is 2. The van der Waals surface area contributed by atoms with Gasteiger partial charge in [0.2, 0.25) is 5.92 Å². The fraction of sp³-hybridized carbons (Fsp3) is 0.533. The van der Waals surface area contributed by atoms with Crippen molar-refractivity contribution in [3.63, 3.8) is 0 Å². The van der Waals surface area contributed by atoms with E-state index in [1.165, 1.54) is 6.92 Å². The van der Waals surface area contributed by atoms with Crippen molar-refractivity contribution < 1.29 is 13.6 Å². The summed E-state index contributed by atoms with van der Waals surface area (Å²) in [6.07, 6.45) is 0.865. The van der Waals surface area contributed by atoms with Gasteiger partial charge in [0.1, 0.15) is 5.78 Å². The smallest absolute Gasteiger partial charge is 0.248 e. The third-order valence-electron chi connectivity index (χ3n) is 3.84. The van der Waals surface area contributed by atoms with Gasteiger partial charge in [0, 0.05) is 23.8 Å². The number of rotatable bonds is 4. The maximum absolute atomic E-state index is 13.2. The molecular formula is C15H17ClF2O. The van der Waals surface area contributed by atoms with Crippen molar-refractivity contribution in [2.24, 2.45) is 5.92 Å². The lowest BCUT2D eigenvalue weighted by atomic mass is 9.85. The lowest BCUT2D eigenvalue weighted by Gasteiger charge is -2.18. The minimum atomic E-state index is -2.55. The Morgan fingerprint density at radius 3 is 2.53 bits per heavy atom. The molecule has 2 atom stereocenters. The van der Waals surface area contributed by atoms with Gasteiger partial charge in [0.05, 0.1) is 0 Å². The van der Waals surface area contributed by atoms with E-state index in [9.17, 15) is 13.6 Å². The zero-order valence-corrected chi connectivity index (χ0v) is 11.6. The maximum atomic E-state index is 13.2. The van der Waals surface area contributed by atoms with E-state index in [0.29, 0.717) is 17.9 Å². The van der Waals surface area contributed by atoms with Crippen molar-refractivity contribution in [2.75, 3.05) is 0 Å². The molecule has 0 aromatic heterocycles. The second-order valence-corrected chi connectivity index (χ2v) is 5.85. The molecule has 2 unspecified atom stereocenters. The van der Waals surface area contributed by atoms with Crippen LogP contribution in [0.15, 0.2) is 24.3 Å². The van der Waals surface area contributed by atoms with Crippen molar-refractivity contribution in [2.45, 2.75) is 44.4 Å². The minimum Gasteiger partial charge on any atom is -0.299 e. The summed E-state index contributed by atoms with van der Waals surface area (Å²) in [6, 6.07) is 7.08. The average molecular weight is 287 g/mol. The van der Waals surface area contributed by atoms with E-state index in [0.717, 1.165) is 5.56 Å². The lowest BCUT2D eigenvalue weighted by Crippen LogP contribution is -2.15. The molecule has 19 heavy (non-hydrogen) atoms. The number of ketones is 1. The van der Waals surface area contributed by atoms with E-state index in [4.69, 9.17) is 11.6 Å². The van der Waals surface area contributed by atoms with E-state index in [1.807, 2.05) is 12.1 Å². The van der Waals surface area contributed by atoms with E-state index < -0.39 is 5.92 Å². The van der Waals surface area contributed by atoms with Crippen molar-refractivity contribution in [1.82, 2.24) is 0 Å². The zero-order chi connectivity index (χ0) is 14.0. The Hall–Kier alpha value is -0.960. The fourth-order valence-corrected chi connectivity index (χ4v) is 2.93. The first-order valence-corrected chi connectivity index (χ1v) is 6.89. The van der Waals surface area contributed by atoms with Gasteiger partial charge >= 0.3 is 0 Å². The molecule has 0 amide bonds. The van der Waals surface area contributed by atoms with Crippen LogP contribution >= 0.6 is 11.6 Å². The molecule has 0 radical (unpaired) electrons. The number of hydrogen-bond donors (Lipinski definition) is 0. The molecule has 0 spiro atoms. The van der Waals surface area contributed by atoms with Crippen molar-refractivity contribution in [1.29, 1.82) is 0 Å². The normalized spacial score (nSPS) is 23.3. The van der Waals surface area contributed by atoms with Crippen LogP contribution in [0.5, 0.6) is 0 Å². The quantitative estimate of drug-likeness (QED) is 0.774. The maximum Gasteiger partial charge on any atom is 0.248 e. The summed E-state index contributed by atoms with van der Waals surface area (Å²) in [5.74, 6) is -2.89. The van der Waals surface area contributed by atoms with E-state index in [1.54, 1.807) is 12.1 Å². The zero-order valence-electron chi connectivity index (χ0n) is 10.8. The first-order valence-electron chi connectivity index (χ1n) is 6.51. The summed E-state index contributed by atoms with van der Waals surface area (Å²) in [5, 5.41) is 0.610. The van der Waals surface area contributed by atoms with Crippen LogP contribution in [0.1, 0.15) is 44.1 Å². The highest BCUT2D eigenvalue weighted by Crippen LogP contribution is 2.43. The molecule has 1 aromatic carbocycles. The van der Waals surface area contributed by atoms with E-state index >= 15 is 0 Å². The van der Waals surface area contributed by atoms with Crippen molar-refractivity contribution >= 4 is 17.4 Å². The number of hydrogen-bond acceptors (Lipinski definition) is 1. The van der Waals surface area contributed by atoms with E-state index in [-0.39, 0.29) is 30.5 Å². The molecule has 1 saturated carbocycles. The average Bonchev–Trinajstić information content (AvgIpc) is 2.67. The molecule has 0 saturated heterocycles. The summed E-state index contributed by atoms with van der Waals surface area (Å²) in [5.41, 5.74) is 0.868. The molecule has 1 fully saturated rings. The second-order valence-electron chi connectivity index (χ2n) is 5.42. The predicted molar refractivity (Wildman–Crippen MR) is 71.8 cm³/mol. The standard InChI is InChI=1S/C15H17ClF2O/c1-10(19)14(12-2-4-13(16)5-3-12)8-11-6-7-15(17,18)9-11/h2-5,11,14H,6-9H2,1H3. The molecular weight excluding hydrogens is 270 g/mol.